The third-order valence-corrected chi connectivity index (χ3v) is 6.43. The number of anilines is 2. The van der Waals surface area contributed by atoms with Crippen molar-refractivity contribution in [3.63, 3.8) is 0 Å². The van der Waals surface area contributed by atoms with Gasteiger partial charge in [0, 0.05) is 24.9 Å². The molecule has 2 atom stereocenters. The van der Waals surface area contributed by atoms with Crippen LogP contribution in [0.2, 0.25) is 0 Å². The van der Waals surface area contributed by atoms with E-state index in [1.165, 1.54) is 0 Å². The number of aromatic amines is 1. The minimum absolute atomic E-state index is 0.179. The Morgan fingerprint density at radius 1 is 1.24 bits per heavy atom. The van der Waals surface area contributed by atoms with Crippen LogP contribution in [0.3, 0.4) is 0 Å². The van der Waals surface area contributed by atoms with Crippen molar-refractivity contribution in [2.24, 2.45) is 23.5 Å². The van der Waals surface area contributed by atoms with E-state index in [0.717, 1.165) is 17.5 Å². The van der Waals surface area contributed by atoms with Gasteiger partial charge in [-0.2, -0.15) is 10.2 Å². The minimum atomic E-state index is -1.03. The maximum absolute atomic E-state index is 13.2. The molecule has 2 amide bonds. The summed E-state index contributed by atoms with van der Waals surface area (Å²) in [7, 11) is 0. The summed E-state index contributed by atoms with van der Waals surface area (Å²) in [6.07, 6.45) is 2.07. The van der Waals surface area contributed by atoms with Crippen molar-refractivity contribution < 1.29 is 9.59 Å². The molecule has 4 rings (SSSR count). The number of hydrogen-bond acceptors (Lipinski definition) is 6. The molecular weight excluding hydrogens is 420 g/mol. The van der Waals surface area contributed by atoms with Crippen molar-refractivity contribution in [1.82, 2.24) is 9.97 Å². The molecule has 172 valence electrons. The zero-order valence-corrected chi connectivity index (χ0v) is 18.8. The smallest absolute Gasteiger partial charge is 0.258 e. The summed E-state index contributed by atoms with van der Waals surface area (Å²) in [5.74, 6) is -1.71. The van der Waals surface area contributed by atoms with Gasteiger partial charge in [0.05, 0.1) is 11.6 Å². The molecule has 0 saturated carbocycles. The highest BCUT2D eigenvalue weighted by atomic mass is 16.2. The number of nitrogens with zero attached hydrogens (tertiary/aromatic N) is 3. The van der Waals surface area contributed by atoms with Crippen LogP contribution < -0.4 is 21.5 Å². The molecule has 2 unspecified atom stereocenters. The molecule has 0 aliphatic carbocycles. The summed E-state index contributed by atoms with van der Waals surface area (Å²) in [4.78, 5) is 46.6. The third kappa shape index (κ3) is 4.46. The summed E-state index contributed by atoms with van der Waals surface area (Å²) >= 11 is 0. The lowest BCUT2D eigenvalue weighted by Crippen LogP contribution is -2.42. The molecule has 1 aromatic heterocycles. The maximum Gasteiger partial charge on any atom is 0.258 e. The van der Waals surface area contributed by atoms with Gasteiger partial charge in [-0.05, 0) is 36.3 Å². The quantitative estimate of drug-likeness (QED) is 0.637. The normalized spacial score (nSPS) is 20.8. The Balaban J connectivity index is 1.69. The summed E-state index contributed by atoms with van der Waals surface area (Å²) in [6, 6.07) is 9.80. The second-order valence-corrected chi connectivity index (χ2v) is 9.23. The number of nitriles is 1. The summed E-state index contributed by atoms with van der Waals surface area (Å²) in [5, 5.41) is 12.4. The van der Waals surface area contributed by atoms with Gasteiger partial charge in [0.2, 0.25) is 17.8 Å². The Kier molecular flexibility index (Phi) is 6.18. The van der Waals surface area contributed by atoms with Gasteiger partial charge in [-0.1, -0.05) is 38.1 Å². The third-order valence-electron chi connectivity index (χ3n) is 6.43. The van der Waals surface area contributed by atoms with E-state index in [9.17, 15) is 19.6 Å². The number of hydrogen-bond donors (Lipinski definition) is 3. The Morgan fingerprint density at radius 3 is 2.48 bits per heavy atom. The molecule has 2 aromatic rings. The zero-order valence-electron chi connectivity index (χ0n) is 18.8. The van der Waals surface area contributed by atoms with Gasteiger partial charge < -0.3 is 16.0 Å². The van der Waals surface area contributed by atoms with E-state index in [4.69, 9.17) is 5.73 Å². The first kappa shape index (κ1) is 22.5. The number of piperidine rings is 1. The molecule has 0 bridgehead atoms. The summed E-state index contributed by atoms with van der Waals surface area (Å²) in [6.45, 7) is 5.32. The fourth-order valence-corrected chi connectivity index (χ4v) is 4.72. The van der Waals surface area contributed by atoms with Crippen LogP contribution in [0.4, 0.5) is 11.8 Å². The number of carbonyl (C=O) groups is 2. The molecule has 0 spiro atoms. The molecule has 0 radical (unpaired) electrons. The van der Waals surface area contributed by atoms with E-state index in [0.29, 0.717) is 37.8 Å². The van der Waals surface area contributed by atoms with E-state index >= 15 is 0 Å². The predicted octanol–water partition coefficient (Wildman–Crippen LogP) is 1.89. The lowest BCUT2D eigenvalue weighted by Gasteiger charge is -2.33. The Hall–Kier alpha value is -3.67. The standard InChI is InChI=1S/C24H28N6O3/c1-13(2)11-14-3-5-15(6-4-14)18-17(12-25)22(32)27-21-19(18)23(33)29-24(28-21)30-9-7-16(8-10-30)20(26)31/h3-6,13,16-18H,7-11H2,1-2H3,(H2,26,31)(H2,27,28,29,32,33). The van der Waals surface area contributed by atoms with Crippen molar-refractivity contribution in [2.75, 3.05) is 23.3 Å². The number of fused-ring (bicyclic) bond motifs is 1. The first-order valence-electron chi connectivity index (χ1n) is 11.3. The lowest BCUT2D eigenvalue weighted by molar-refractivity contribution is -0.122. The van der Waals surface area contributed by atoms with Crippen molar-refractivity contribution >= 4 is 23.6 Å². The molecule has 2 aliphatic rings. The number of H-pyrrole nitrogens is 1. The Bertz CT molecular complexity index is 1160. The van der Waals surface area contributed by atoms with E-state index in [-0.39, 0.29) is 28.8 Å². The highest BCUT2D eigenvalue weighted by Crippen LogP contribution is 2.38. The van der Waals surface area contributed by atoms with Crippen LogP contribution in [0.5, 0.6) is 0 Å². The number of carbonyl (C=O) groups excluding carboxylic acids is 2. The van der Waals surface area contributed by atoms with Crippen molar-refractivity contribution in [1.29, 1.82) is 5.26 Å². The number of primary amides is 1. The number of aromatic nitrogens is 2. The van der Waals surface area contributed by atoms with Gasteiger partial charge in [0.15, 0.2) is 0 Å². The first-order valence-corrected chi connectivity index (χ1v) is 11.3. The monoisotopic (exact) mass is 448 g/mol. The number of benzene rings is 1. The summed E-state index contributed by atoms with van der Waals surface area (Å²) < 4.78 is 0. The maximum atomic E-state index is 13.2. The fourth-order valence-electron chi connectivity index (χ4n) is 4.72. The van der Waals surface area contributed by atoms with Crippen molar-refractivity contribution in [3.05, 3.63) is 51.3 Å². The van der Waals surface area contributed by atoms with Crippen LogP contribution in [0, 0.1) is 29.1 Å². The van der Waals surface area contributed by atoms with E-state index < -0.39 is 17.7 Å². The molecule has 1 fully saturated rings. The predicted molar refractivity (Wildman–Crippen MR) is 124 cm³/mol. The lowest BCUT2D eigenvalue weighted by atomic mass is 9.79. The number of nitrogens with one attached hydrogen (secondary N) is 2. The van der Waals surface area contributed by atoms with Gasteiger partial charge in [-0.25, -0.2) is 0 Å². The molecule has 2 aliphatic heterocycles. The molecule has 33 heavy (non-hydrogen) atoms. The molecule has 3 heterocycles. The molecule has 1 aromatic carbocycles. The van der Waals surface area contributed by atoms with E-state index in [2.05, 4.69) is 35.2 Å². The van der Waals surface area contributed by atoms with Crippen molar-refractivity contribution in [2.45, 2.75) is 39.0 Å². The number of amides is 2. The van der Waals surface area contributed by atoms with Gasteiger partial charge in [0.1, 0.15) is 11.7 Å². The number of rotatable bonds is 5. The molecule has 1 saturated heterocycles. The van der Waals surface area contributed by atoms with Crippen LogP contribution in [-0.2, 0) is 16.0 Å². The average molecular weight is 449 g/mol. The van der Waals surface area contributed by atoms with Crippen molar-refractivity contribution in [3.8, 4) is 6.07 Å². The number of nitrogens with two attached hydrogens (primary N) is 1. The first-order chi connectivity index (χ1) is 15.8. The van der Waals surface area contributed by atoms with Crippen LogP contribution in [0.15, 0.2) is 29.1 Å². The van der Waals surface area contributed by atoms with Crippen LogP contribution in [-0.4, -0.2) is 34.9 Å². The van der Waals surface area contributed by atoms with Gasteiger partial charge >= 0.3 is 0 Å². The molecular formula is C24H28N6O3. The Morgan fingerprint density at radius 2 is 1.91 bits per heavy atom. The second-order valence-electron chi connectivity index (χ2n) is 9.23. The van der Waals surface area contributed by atoms with Gasteiger partial charge in [0.25, 0.3) is 5.56 Å². The Labute approximate surface area is 192 Å². The largest absolute Gasteiger partial charge is 0.369 e. The van der Waals surface area contributed by atoms with E-state index in [1.807, 2.05) is 29.2 Å². The molecule has 4 N–H and O–H groups in total. The second kappa shape index (κ2) is 9.06. The average Bonchev–Trinajstić information content (AvgIpc) is 2.78. The van der Waals surface area contributed by atoms with Gasteiger partial charge in [-0.3, -0.25) is 19.4 Å². The van der Waals surface area contributed by atoms with Crippen LogP contribution in [0.1, 0.15) is 49.3 Å². The highest BCUT2D eigenvalue weighted by molar-refractivity contribution is 5.98. The fraction of sp³-hybridized carbons (Fsp3) is 0.458. The highest BCUT2D eigenvalue weighted by Gasteiger charge is 2.40. The zero-order chi connectivity index (χ0) is 23.7. The summed E-state index contributed by atoms with van der Waals surface area (Å²) in [5.41, 5.74) is 7.19. The van der Waals surface area contributed by atoms with Crippen LogP contribution >= 0.6 is 0 Å². The molecule has 9 nitrogen and oxygen atoms in total. The molecule has 9 heteroatoms. The van der Waals surface area contributed by atoms with Gasteiger partial charge in [-0.15, -0.1) is 0 Å². The van der Waals surface area contributed by atoms with Crippen LogP contribution in [0.25, 0.3) is 0 Å². The van der Waals surface area contributed by atoms with E-state index in [1.54, 1.807) is 0 Å². The SMILES string of the molecule is CC(C)Cc1ccc(C2c3c(nc(N4CCC(C(N)=O)CC4)[nH]c3=O)NC(=O)C2C#N)cc1. The minimum Gasteiger partial charge on any atom is -0.369 e. The topological polar surface area (TPSA) is 145 Å².